The lowest BCUT2D eigenvalue weighted by atomic mass is 9.87. The normalized spacial score (nSPS) is 12.2. The van der Waals surface area contributed by atoms with Gasteiger partial charge in [0.15, 0.2) is 0 Å². The molecule has 2 N–H and O–H groups in total. The van der Waals surface area contributed by atoms with Gasteiger partial charge in [-0.05, 0) is 50.9 Å². The molecule has 24 heavy (non-hydrogen) atoms. The summed E-state index contributed by atoms with van der Waals surface area (Å²) in [6, 6.07) is 7.86. The number of anilines is 1. The highest BCUT2D eigenvalue weighted by molar-refractivity contribution is 5.92. The number of carbonyl (C=O) groups is 2. The Labute approximate surface area is 145 Å². The highest BCUT2D eigenvalue weighted by atomic mass is 16.2. The zero-order valence-corrected chi connectivity index (χ0v) is 16.0. The number of amides is 2. The van der Waals surface area contributed by atoms with Gasteiger partial charge in [0.05, 0.1) is 13.1 Å². The molecule has 5 nitrogen and oxygen atoms in total. The molecule has 0 heterocycles. The lowest BCUT2D eigenvalue weighted by molar-refractivity contribution is -0.124. The zero-order chi connectivity index (χ0) is 18.5. The molecule has 134 valence electrons. The smallest absolute Gasteiger partial charge is 0.238 e. The maximum absolute atomic E-state index is 12.1. The number of nitrogens with zero attached hydrogens (tertiary/aromatic N) is 1. The number of rotatable bonds is 5. The second-order valence-corrected chi connectivity index (χ2v) is 8.35. The molecule has 0 radical (unpaired) electrons. The predicted octanol–water partition coefficient (Wildman–Crippen LogP) is 2.77. The Kier molecular flexibility index (Phi) is 6.55. The van der Waals surface area contributed by atoms with Gasteiger partial charge in [0.25, 0.3) is 0 Å². The van der Waals surface area contributed by atoms with Crippen molar-refractivity contribution in [2.75, 3.05) is 25.5 Å². The molecule has 0 atom stereocenters. The second kappa shape index (κ2) is 7.79. The first-order valence-electron chi connectivity index (χ1n) is 8.27. The molecule has 0 aliphatic rings. The number of hydrogen-bond donors (Lipinski definition) is 2. The number of nitrogens with one attached hydrogen (secondary N) is 2. The van der Waals surface area contributed by atoms with Crippen molar-refractivity contribution in [1.29, 1.82) is 0 Å². The van der Waals surface area contributed by atoms with E-state index in [-0.39, 0.29) is 35.9 Å². The van der Waals surface area contributed by atoms with E-state index in [1.54, 1.807) is 11.9 Å². The minimum absolute atomic E-state index is 0.0865. The van der Waals surface area contributed by atoms with Crippen molar-refractivity contribution in [2.45, 2.75) is 52.5 Å². The first-order valence-corrected chi connectivity index (χ1v) is 8.27. The van der Waals surface area contributed by atoms with Crippen LogP contribution in [-0.2, 0) is 15.0 Å². The van der Waals surface area contributed by atoms with Crippen LogP contribution in [0, 0.1) is 0 Å². The molecule has 1 rings (SSSR count). The highest BCUT2D eigenvalue weighted by Gasteiger charge is 2.17. The maximum Gasteiger partial charge on any atom is 0.238 e. The molecule has 1 aromatic carbocycles. The lowest BCUT2D eigenvalue weighted by Crippen LogP contribution is -2.46. The van der Waals surface area contributed by atoms with Gasteiger partial charge in [-0.3, -0.25) is 14.5 Å². The fourth-order valence-corrected chi connectivity index (χ4v) is 2.26. The van der Waals surface area contributed by atoms with Gasteiger partial charge in [-0.25, -0.2) is 0 Å². The summed E-state index contributed by atoms with van der Waals surface area (Å²) in [4.78, 5) is 25.6. The van der Waals surface area contributed by atoms with E-state index in [2.05, 4.69) is 31.4 Å². The molecule has 5 heteroatoms. The van der Waals surface area contributed by atoms with Crippen LogP contribution < -0.4 is 10.6 Å². The number of carbonyl (C=O) groups excluding carboxylic acids is 2. The molecule has 0 fully saturated rings. The highest BCUT2D eigenvalue weighted by Crippen LogP contribution is 2.23. The summed E-state index contributed by atoms with van der Waals surface area (Å²) in [6.45, 7) is 12.6. The van der Waals surface area contributed by atoms with E-state index < -0.39 is 0 Å². The van der Waals surface area contributed by atoms with Crippen LogP contribution in [-0.4, -0.2) is 42.4 Å². The average Bonchev–Trinajstić information content (AvgIpc) is 2.34. The monoisotopic (exact) mass is 333 g/mol. The molecule has 0 saturated carbocycles. The summed E-state index contributed by atoms with van der Waals surface area (Å²) in [5.41, 5.74) is 1.80. The third-order valence-electron chi connectivity index (χ3n) is 3.38. The molecule has 0 unspecified atom stereocenters. The largest absolute Gasteiger partial charge is 0.350 e. The Bertz CT molecular complexity index is 566. The third-order valence-corrected chi connectivity index (χ3v) is 3.38. The molecule has 1 aromatic rings. The molecule has 0 saturated heterocycles. The summed E-state index contributed by atoms with van der Waals surface area (Å²) >= 11 is 0. The summed E-state index contributed by atoms with van der Waals surface area (Å²) in [5.74, 6) is -0.225. The molecule has 0 aromatic heterocycles. The Morgan fingerprint density at radius 2 is 1.42 bits per heavy atom. The zero-order valence-electron chi connectivity index (χ0n) is 16.0. The van der Waals surface area contributed by atoms with Crippen LogP contribution in [0.25, 0.3) is 0 Å². The number of hydrogen-bond acceptors (Lipinski definition) is 3. The van der Waals surface area contributed by atoms with E-state index in [0.29, 0.717) is 0 Å². The van der Waals surface area contributed by atoms with Gasteiger partial charge in [0.2, 0.25) is 11.8 Å². The minimum Gasteiger partial charge on any atom is -0.350 e. The Morgan fingerprint density at radius 1 is 0.917 bits per heavy atom. The van der Waals surface area contributed by atoms with Crippen molar-refractivity contribution in [3.63, 3.8) is 0 Å². The summed E-state index contributed by atoms with van der Waals surface area (Å²) in [6.07, 6.45) is 0. The predicted molar refractivity (Wildman–Crippen MR) is 99.2 cm³/mol. The van der Waals surface area contributed by atoms with Crippen LogP contribution in [0.3, 0.4) is 0 Å². The van der Waals surface area contributed by atoms with E-state index in [0.717, 1.165) is 5.69 Å². The Morgan fingerprint density at radius 3 is 1.88 bits per heavy atom. The second-order valence-electron chi connectivity index (χ2n) is 8.35. The molecular formula is C19H31N3O2. The summed E-state index contributed by atoms with van der Waals surface area (Å²) in [5, 5.41) is 5.74. The fourth-order valence-electron chi connectivity index (χ4n) is 2.26. The molecule has 0 spiro atoms. The number of likely N-dealkylation sites (N-methyl/N-ethyl adjacent to an activating group) is 1. The standard InChI is InChI=1S/C19H31N3O2/c1-18(2,3)14-8-10-15(11-9-14)20-16(23)12-22(7)13-17(24)21-19(4,5)6/h8-11H,12-13H2,1-7H3,(H,20,23)(H,21,24). The van der Waals surface area contributed by atoms with Gasteiger partial charge in [-0.15, -0.1) is 0 Å². The van der Waals surface area contributed by atoms with Crippen molar-refractivity contribution in [2.24, 2.45) is 0 Å². The van der Waals surface area contributed by atoms with Crippen LogP contribution in [0.2, 0.25) is 0 Å². The number of benzene rings is 1. The van der Waals surface area contributed by atoms with E-state index >= 15 is 0 Å². The van der Waals surface area contributed by atoms with Crippen LogP contribution in [0.15, 0.2) is 24.3 Å². The van der Waals surface area contributed by atoms with Crippen molar-refractivity contribution in [1.82, 2.24) is 10.2 Å². The first-order chi connectivity index (χ1) is 10.9. The van der Waals surface area contributed by atoms with Crippen LogP contribution in [0.5, 0.6) is 0 Å². The van der Waals surface area contributed by atoms with Crippen LogP contribution in [0.4, 0.5) is 5.69 Å². The van der Waals surface area contributed by atoms with E-state index in [1.807, 2.05) is 45.0 Å². The van der Waals surface area contributed by atoms with Crippen molar-refractivity contribution >= 4 is 17.5 Å². The van der Waals surface area contributed by atoms with Gasteiger partial charge in [0.1, 0.15) is 0 Å². The average molecular weight is 333 g/mol. The van der Waals surface area contributed by atoms with E-state index in [4.69, 9.17) is 0 Å². The van der Waals surface area contributed by atoms with Crippen molar-refractivity contribution < 1.29 is 9.59 Å². The summed E-state index contributed by atoms with van der Waals surface area (Å²) in [7, 11) is 1.75. The van der Waals surface area contributed by atoms with Gasteiger partial charge in [-0.2, -0.15) is 0 Å². The molecule has 0 aliphatic carbocycles. The molecule has 0 aliphatic heterocycles. The first kappa shape index (κ1) is 20.2. The maximum atomic E-state index is 12.1. The molecule has 2 amide bonds. The molecule has 0 bridgehead atoms. The Hall–Kier alpha value is -1.88. The van der Waals surface area contributed by atoms with Gasteiger partial charge < -0.3 is 10.6 Å². The SMILES string of the molecule is CN(CC(=O)Nc1ccc(C(C)(C)C)cc1)CC(=O)NC(C)(C)C. The van der Waals surface area contributed by atoms with Crippen molar-refractivity contribution in [3.8, 4) is 0 Å². The lowest BCUT2D eigenvalue weighted by Gasteiger charge is -2.23. The topological polar surface area (TPSA) is 61.4 Å². The van der Waals surface area contributed by atoms with Crippen LogP contribution in [0.1, 0.15) is 47.1 Å². The van der Waals surface area contributed by atoms with Gasteiger partial charge in [0, 0.05) is 11.2 Å². The van der Waals surface area contributed by atoms with Gasteiger partial charge in [-0.1, -0.05) is 32.9 Å². The third kappa shape index (κ3) is 7.59. The molecular weight excluding hydrogens is 302 g/mol. The van der Waals surface area contributed by atoms with E-state index in [9.17, 15) is 9.59 Å². The van der Waals surface area contributed by atoms with Crippen molar-refractivity contribution in [3.05, 3.63) is 29.8 Å². The fraction of sp³-hybridized carbons (Fsp3) is 0.579. The Balaban J connectivity index is 2.49. The van der Waals surface area contributed by atoms with Crippen LogP contribution >= 0.6 is 0 Å². The van der Waals surface area contributed by atoms with E-state index in [1.165, 1.54) is 5.56 Å². The van der Waals surface area contributed by atoms with Gasteiger partial charge >= 0.3 is 0 Å². The summed E-state index contributed by atoms with van der Waals surface area (Å²) < 4.78 is 0. The quantitative estimate of drug-likeness (QED) is 0.871. The minimum atomic E-state index is -0.269.